The Balaban J connectivity index is 1.56. The molecule has 0 radical (unpaired) electrons. The van der Waals surface area contributed by atoms with Crippen molar-refractivity contribution >= 4 is 11.6 Å². The first kappa shape index (κ1) is 19.6. The molecular weight excluding hydrogens is 336 g/mol. The molecule has 0 bridgehead atoms. The number of benzene rings is 2. The van der Waals surface area contributed by atoms with E-state index in [0.717, 1.165) is 42.5 Å². The molecule has 2 aromatic rings. The van der Waals surface area contributed by atoms with Crippen LogP contribution in [0, 0.1) is 0 Å². The van der Waals surface area contributed by atoms with Gasteiger partial charge in [-0.1, -0.05) is 42.5 Å². The van der Waals surface area contributed by atoms with Crippen LogP contribution in [0.5, 0.6) is 0 Å². The predicted octanol–water partition coefficient (Wildman–Crippen LogP) is 4.00. The van der Waals surface area contributed by atoms with Crippen molar-refractivity contribution in [3.63, 3.8) is 0 Å². The van der Waals surface area contributed by atoms with Crippen LogP contribution in [0.25, 0.3) is 0 Å². The summed E-state index contributed by atoms with van der Waals surface area (Å²) in [7, 11) is 0. The maximum atomic E-state index is 11.7. The lowest BCUT2D eigenvalue weighted by molar-refractivity contribution is -0.116. The SMILES string of the molecule is CC(C)(CCc1ccccc1)NCC(O)c1ccc2c(c1)CCCC(=O)N2. The number of hydrogen-bond donors (Lipinski definition) is 3. The van der Waals surface area contributed by atoms with Crippen molar-refractivity contribution in [1.29, 1.82) is 0 Å². The molecule has 0 aromatic heterocycles. The third-order valence-electron chi connectivity index (χ3n) is 5.29. The maximum absolute atomic E-state index is 11.7. The van der Waals surface area contributed by atoms with E-state index >= 15 is 0 Å². The highest BCUT2D eigenvalue weighted by atomic mass is 16.3. The van der Waals surface area contributed by atoms with E-state index in [2.05, 4.69) is 48.7 Å². The van der Waals surface area contributed by atoms with Gasteiger partial charge in [-0.2, -0.15) is 0 Å². The Hall–Kier alpha value is -2.17. The van der Waals surface area contributed by atoms with Gasteiger partial charge in [-0.15, -0.1) is 0 Å². The summed E-state index contributed by atoms with van der Waals surface area (Å²) in [6, 6.07) is 16.3. The molecule has 4 nitrogen and oxygen atoms in total. The van der Waals surface area contributed by atoms with E-state index in [-0.39, 0.29) is 11.4 Å². The number of aliphatic hydroxyl groups excluding tert-OH is 1. The quantitative estimate of drug-likeness (QED) is 0.694. The van der Waals surface area contributed by atoms with E-state index in [1.165, 1.54) is 5.56 Å². The molecule has 3 rings (SSSR count). The monoisotopic (exact) mass is 366 g/mol. The van der Waals surface area contributed by atoms with Gasteiger partial charge in [-0.25, -0.2) is 0 Å². The second-order valence-electron chi connectivity index (χ2n) is 8.08. The normalized spacial score (nSPS) is 15.6. The minimum atomic E-state index is -0.565. The van der Waals surface area contributed by atoms with Crippen molar-refractivity contribution in [1.82, 2.24) is 5.32 Å². The topological polar surface area (TPSA) is 61.4 Å². The third-order valence-corrected chi connectivity index (χ3v) is 5.29. The lowest BCUT2D eigenvalue weighted by Gasteiger charge is -2.28. The molecule has 0 saturated heterocycles. The number of hydrogen-bond acceptors (Lipinski definition) is 3. The molecule has 0 aliphatic carbocycles. The van der Waals surface area contributed by atoms with Crippen LogP contribution in [-0.2, 0) is 17.6 Å². The van der Waals surface area contributed by atoms with Crippen molar-refractivity contribution in [2.24, 2.45) is 0 Å². The molecule has 1 aliphatic heterocycles. The average Bonchev–Trinajstić information content (AvgIpc) is 2.85. The average molecular weight is 367 g/mol. The Kier molecular flexibility index (Phi) is 6.30. The first-order valence-electron chi connectivity index (χ1n) is 9.83. The Bertz CT molecular complexity index is 771. The number of carbonyl (C=O) groups is 1. The molecule has 1 heterocycles. The summed E-state index contributed by atoms with van der Waals surface area (Å²) >= 11 is 0. The number of fused-ring (bicyclic) bond motifs is 1. The number of amides is 1. The zero-order valence-electron chi connectivity index (χ0n) is 16.3. The molecule has 1 unspecified atom stereocenters. The van der Waals surface area contributed by atoms with Gasteiger partial charge in [0.05, 0.1) is 6.10 Å². The number of rotatable bonds is 7. The summed E-state index contributed by atoms with van der Waals surface area (Å²) in [5.41, 5.74) is 4.17. The molecule has 0 fully saturated rings. The number of anilines is 1. The van der Waals surface area contributed by atoms with Crippen molar-refractivity contribution < 1.29 is 9.90 Å². The summed E-state index contributed by atoms with van der Waals surface area (Å²) in [6.45, 7) is 4.86. The molecule has 27 heavy (non-hydrogen) atoms. The van der Waals surface area contributed by atoms with E-state index in [9.17, 15) is 9.90 Å². The minimum Gasteiger partial charge on any atom is -0.387 e. The van der Waals surface area contributed by atoms with Crippen LogP contribution in [0.15, 0.2) is 48.5 Å². The maximum Gasteiger partial charge on any atom is 0.224 e. The predicted molar refractivity (Wildman–Crippen MR) is 110 cm³/mol. The summed E-state index contributed by atoms with van der Waals surface area (Å²) in [5, 5.41) is 17.1. The molecule has 1 amide bonds. The van der Waals surface area contributed by atoms with E-state index < -0.39 is 6.10 Å². The fourth-order valence-electron chi connectivity index (χ4n) is 3.48. The van der Waals surface area contributed by atoms with Gasteiger partial charge in [0.1, 0.15) is 0 Å². The second kappa shape index (κ2) is 8.68. The number of carbonyl (C=O) groups excluding carboxylic acids is 1. The van der Waals surface area contributed by atoms with E-state index in [0.29, 0.717) is 13.0 Å². The van der Waals surface area contributed by atoms with Crippen molar-refractivity contribution in [3.05, 3.63) is 65.2 Å². The summed E-state index contributed by atoms with van der Waals surface area (Å²) in [4.78, 5) is 11.7. The lowest BCUT2D eigenvalue weighted by atomic mass is 9.94. The standard InChI is InChI=1S/C23H30N2O2/c1-23(2,14-13-17-7-4-3-5-8-17)24-16-21(26)19-11-12-20-18(15-19)9-6-10-22(27)25-20/h3-5,7-8,11-12,15,21,24,26H,6,9-10,13-14,16H2,1-2H3,(H,25,27). The molecule has 2 aromatic carbocycles. The van der Waals surface area contributed by atoms with Crippen LogP contribution in [0.1, 0.15) is 55.9 Å². The van der Waals surface area contributed by atoms with E-state index in [1.807, 2.05) is 24.3 Å². The highest BCUT2D eigenvalue weighted by molar-refractivity contribution is 5.92. The van der Waals surface area contributed by atoms with Gasteiger partial charge >= 0.3 is 0 Å². The smallest absolute Gasteiger partial charge is 0.224 e. The van der Waals surface area contributed by atoms with E-state index in [1.54, 1.807) is 0 Å². The molecule has 1 atom stereocenters. The molecule has 0 spiro atoms. The molecule has 144 valence electrons. The highest BCUT2D eigenvalue weighted by Gasteiger charge is 2.20. The molecule has 0 saturated carbocycles. The van der Waals surface area contributed by atoms with Crippen LogP contribution >= 0.6 is 0 Å². The molecule has 4 heteroatoms. The van der Waals surface area contributed by atoms with E-state index in [4.69, 9.17) is 0 Å². The summed E-state index contributed by atoms with van der Waals surface area (Å²) in [6.07, 6.45) is 3.72. The van der Waals surface area contributed by atoms with Crippen molar-refractivity contribution in [3.8, 4) is 0 Å². The first-order valence-corrected chi connectivity index (χ1v) is 9.83. The molecule has 1 aliphatic rings. The highest BCUT2D eigenvalue weighted by Crippen LogP contribution is 2.26. The number of β-amino-alcohol motifs (C(OH)–C–C–N with tert-alkyl or cyclic N) is 1. The van der Waals surface area contributed by atoms with Gasteiger partial charge in [0.2, 0.25) is 5.91 Å². The van der Waals surface area contributed by atoms with Gasteiger partial charge in [0.25, 0.3) is 0 Å². The van der Waals surface area contributed by atoms with Gasteiger partial charge in [0, 0.05) is 24.2 Å². The van der Waals surface area contributed by atoms with Crippen LogP contribution in [0.3, 0.4) is 0 Å². The van der Waals surface area contributed by atoms with Crippen LogP contribution in [0.2, 0.25) is 0 Å². The zero-order valence-corrected chi connectivity index (χ0v) is 16.3. The molecule has 3 N–H and O–H groups in total. The summed E-state index contributed by atoms with van der Waals surface area (Å²) < 4.78 is 0. The van der Waals surface area contributed by atoms with Gasteiger partial charge < -0.3 is 15.7 Å². The Morgan fingerprint density at radius 1 is 1.15 bits per heavy atom. The number of aliphatic hydroxyl groups is 1. The zero-order chi connectivity index (χ0) is 19.3. The van der Waals surface area contributed by atoms with Crippen LogP contribution in [-0.4, -0.2) is 23.1 Å². The Morgan fingerprint density at radius 2 is 1.93 bits per heavy atom. The van der Waals surface area contributed by atoms with Crippen molar-refractivity contribution in [2.45, 2.75) is 57.6 Å². The van der Waals surface area contributed by atoms with Crippen LogP contribution in [0.4, 0.5) is 5.69 Å². The van der Waals surface area contributed by atoms with Gasteiger partial charge in [0.15, 0.2) is 0 Å². The summed E-state index contributed by atoms with van der Waals surface area (Å²) in [5.74, 6) is 0.0730. The number of aryl methyl sites for hydroxylation is 2. The Labute approximate surface area is 162 Å². The van der Waals surface area contributed by atoms with Gasteiger partial charge in [-0.05, 0) is 62.3 Å². The largest absolute Gasteiger partial charge is 0.387 e. The fourth-order valence-corrected chi connectivity index (χ4v) is 3.48. The Morgan fingerprint density at radius 3 is 2.70 bits per heavy atom. The van der Waals surface area contributed by atoms with Crippen molar-refractivity contribution in [2.75, 3.05) is 11.9 Å². The van der Waals surface area contributed by atoms with Gasteiger partial charge in [-0.3, -0.25) is 4.79 Å². The first-order chi connectivity index (χ1) is 12.9. The molecular formula is C23H30N2O2. The fraction of sp³-hybridized carbons (Fsp3) is 0.435. The van der Waals surface area contributed by atoms with Crippen LogP contribution < -0.4 is 10.6 Å². The minimum absolute atomic E-state index is 0.0590. The second-order valence-corrected chi connectivity index (χ2v) is 8.08. The number of nitrogens with one attached hydrogen (secondary N) is 2. The third kappa shape index (κ3) is 5.65. The lowest BCUT2D eigenvalue weighted by Crippen LogP contribution is -2.42.